The number of aromatic nitrogens is 2. The molecule has 7 nitrogen and oxygen atoms in total. The van der Waals surface area contributed by atoms with Gasteiger partial charge in [-0.3, -0.25) is 4.79 Å². The number of ether oxygens (including phenoxy) is 1. The molecule has 0 N–H and O–H groups in total. The number of anilines is 2. The summed E-state index contributed by atoms with van der Waals surface area (Å²) in [6.07, 6.45) is 1.22. The minimum Gasteiger partial charge on any atom is -0.378 e. The molecule has 1 aromatic carbocycles. The zero-order chi connectivity index (χ0) is 20.1. The van der Waals surface area contributed by atoms with Gasteiger partial charge in [-0.1, -0.05) is 23.7 Å². The number of hydrogen-bond acceptors (Lipinski definition) is 6. The number of rotatable bonds is 5. The number of nitrogens with zero attached hydrogens (tertiary/aromatic N) is 5. The van der Waals surface area contributed by atoms with Gasteiger partial charge in [-0.2, -0.15) is 0 Å². The fraction of sp³-hybridized carbons (Fsp3) is 0.476. The van der Waals surface area contributed by atoms with Crippen LogP contribution in [0.5, 0.6) is 0 Å². The van der Waals surface area contributed by atoms with Crippen LogP contribution in [0.3, 0.4) is 0 Å². The average Bonchev–Trinajstić information content (AvgIpc) is 2.78. The summed E-state index contributed by atoms with van der Waals surface area (Å²) in [7, 11) is 0. The maximum Gasteiger partial charge on any atom is 0.223 e. The van der Waals surface area contributed by atoms with Gasteiger partial charge in [0, 0.05) is 50.7 Å². The van der Waals surface area contributed by atoms with Gasteiger partial charge in [0.05, 0.1) is 13.2 Å². The van der Waals surface area contributed by atoms with E-state index in [0.717, 1.165) is 56.6 Å². The molecule has 2 aromatic rings. The largest absolute Gasteiger partial charge is 0.378 e. The van der Waals surface area contributed by atoms with Crippen LogP contribution in [0, 0.1) is 0 Å². The molecule has 0 bridgehead atoms. The Hall–Kier alpha value is -2.38. The van der Waals surface area contributed by atoms with Crippen LogP contribution in [0.25, 0.3) is 0 Å². The number of hydrogen-bond donors (Lipinski definition) is 0. The fourth-order valence-corrected chi connectivity index (χ4v) is 3.95. The Morgan fingerprint density at radius 3 is 2.21 bits per heavy atom. The van der Waals surface area contributed by atoms with Crippen molar-refractivity contribution in [1.29, 1.82) is 0 Å². The molecule has 4 rings (SSSR count). The molecule has 1 amide bonds. The molecule has 0 aliphatic carbocycles. The summed E-state index contributed by atoms with van der Waals surface area (Å²) in [5, 5.41) is 9.51. The summed E-state index contributed by atoms with van der Waals surface area (Å²) in [5.41, 5.74) is 1.10. The molecule has 0 saturated carbocycles. The van der Waals surface area contributed by atoms with Gasteiger partial charge in [0.2, 0.25) is 5.91 Å². The Bertz CT molecular complexity index is 818. The molecule has 8 heteroatoms. The predicted molar refractivity (Wildman–Crippen MR) is 114 cm³/mol. The van der Waals surface area contributed by atoms with Gasteiger partial charge in [0.1, 0.15) is 0 Å². The van der Waals surface area contributed by atoms with Gasteiger partial charge in [-0.15, -0.1) is 10.2 Å². The summed E-state index contributed by atoms with van der Waals surface area (Å²) in [6.45, 7) is 6.13. The smallest absolute Gasteiger partial charge is 0.223 e. The first-order chi connectivity index (χ1) is 14.2. The van der Waals surface area contributed by atoms with E-state index in [9.17, 15) is 4.79 Å². The first-order valence-corrected chi connectivity index (χ1v) is 10.5. The average molecular weight is 416 g/mol. The van der Waals surface area contributed by atoms with Crippen LogP contribution in [0.1, 0.15) is 12.0 Å². The molecule has 0 atom stereocenters. The van der Waals surface area contributed by atoms with E-state index >= 15 is 0 Å². The quantitative estimate of drug-likeness (QED) is 0.746. The lowest BCUT2D eigenvalue weighted by Crippen LogP contribution is -2.49. The second-order valence-corrected chi connectivity index (χ2v) is 7.78. The summed E-state index contributed by atoms with van der Waals surface area (Å²) >= 11 is 6.02. The molecule has 154 valence electrons. The standard InChI is InChI=1S/C21H26ClN5O2/c22-18-3-1-2-17(16-18)4-7-21(28)27-10-8-25(9-11-27)19-5-6-20(24-23-19)26-12-14-29-15-13-26/h1-3,5-6,16H,4,7-15H2. The van der Waals surface area contributed by atoms with Gasteiger partial charge in [0.15, 0.2) is 11.6 Å². The van der Waals surface area contributed by atoms with E-state index < -0.39 is 0 Å². The van der Waals surface area contributed by atoms with Crippen molar-refractivity contribution in [3.8, 4) is 0 Å². The zero-order valence-electron chi connectivity index (χ0n) is 16.5. The number of morpholine rings is 1. The van der Waals surface area contributed by atoms with Crippen LogP contribution >= 0.6 is 11.6 Å². The van der Waals surface area contributed by atoms with Gasteiger partial charge < -0.3 is 19.4 Å². The van der Waals surface area contributed by atoms with Gasteiger partial charge in [-0.05, 0) is 36.2 Å². The highest BCUT2D eigenvalue weighted by Gasteiger charge is 2.22. The molecule has 29 heavy (non-hydrogen) atoms. The lowest BCUT2D eigenvalue weighted by atomic mass is 10.1. The molecule has 0 spiro atoms. The lowest BCUT2D eigenvalue weighted by Gasteiger charge is -2.35. The number of benzene rings is 1. The summed E-state index contributed by atoms with van der Waals surface area (Å²) < 4.78 is 5.38. The second-order valence-electron chi connectivity index (χ2n) is 7.35. The van der Waals surface area contributed by atoms with Crippen molar-refractivity contribution < 1.29 is 9.53 Å². The first kappa shape index (κ1) is 19.9. The molecule has 2 aliphatic heterocycles. The van der Waals surface area contributed by atoms with E-state index in [0.29, 0.717) is 31.0 Å². The van der Waals surface area contributed by atoms with Crippen molar-refractivity contribution >= 4 is 29.1 Å². The van der Waals surface area contributed by atoms with Crippen molar-refractivity contribution in [1.82, 2.24) is 15.1 Å². The molecule has 2 aliphatic rings. The Kier molecular flexibility index (Phi) is 6.46. The number of carbonyl (C=O) groups excluding carboxylic acids is 1. The molecule has 2 saturated heterocycles. The van der Waals surface area contributed by atoms with Crippen LogP contribution in [0.15, 0.2) is 36.4 Å². The SMILES string of the molecule is O=C(CCc1cccc(Cl)c1)N1CCN(c2ccc(N3CCOCC3)nn2)CC1. The monoisotopic (exact) mass is 415 g/mol. The van der Waals surface area contributed by atoms with E-state index in [1.165, 1.54) is 0 Å². The van der Waals surface area contributed by atoms with E-state index in [2.05, 4.69) is 20.0 Å². The van der Waals surface area contributed by atoms with E-state index in [4.69, 9.17) is 16.3 Å². The van der Waals surface area contributed by atoms with Gasteiger partial charge in [0.25, 0.3) is 0 Å². The number of carbonyl (C=O) groups is 1. The summed E-state index contributed by atoms with van der Waals surface area (Å²) in [6, 6.07) is 11.8. The Labute approximate surface area is 176 Å². The molecule has 1 aromatic heterocycles. The third-order valence-corrected chi connectivity index (χ3v) is 5.68. The van der Waals surface area contributed by atoms with Gasteiger partial charge in [-0.25, -0.2) is 0 Å². The maximum absolute atomic E-state index is 12.5. The highest BCUT2D eigenvalue weighted by molar-refractivity contribution is 6.30. The van der Waals surface area contributed by atoms with Crippen molar-refractivity contribution in [2.75, 3.05) is 62.3 Å². The molecule has 0 unspecified atom stereocenters. The Balaban J connectivity index is 1.26. The maximum atomic E-state index is 12.5. The normalized spacial score (nSPS) is 17.5. The van der Waals surface area contributed by atoms with Crippen LogP contribution in [0.2, 0.25) is 5.02 Å². The van der Waals surface area contributed by atoms with Crippen molar-refractivity contribution in [3.63, 3.8) is 0 Å². The molecule has 2 fully saturated rings. The molecular formula is C21H26ClN5O2. The molecule has 3 heterocycles. The topological polar surface area (TPSA) is 61.8 Å². The number of aryl methyl sites for hydroxylation is 1. The minimum atomic E-state index is 0.193. The van der Waals surface area contributed by atoms with Crippen LogP contribution in [0.4, 0.5) is 11.6 Å². The van der Waals surface area contributed by atoms with Crippen molar-refractivity contribution in [3.05, 3.63) is 47.0 Å². The number of amides is 1. The number of piperazine rings is 1. The minimum absolute atomic E-state index is 0.193. The van der Waals surface area contributed by atoms with Crippen LogP contribution in [-0.2, 0) is 16.0 Å². The van der Waals surface area contributed by atoms with E-state index in [1.807, 2.05) is 41.3 Å². The first-order valence-electron chi connectivity index (χ1n) is 10.1. The summed E-state index contributed by atoms with van der Waals surface area (Å²) in [5.74, 6) is 1.96. The lowest BCUT2D eigenvalue weighted by molar-refractivity contribution is -0.131. The highest BCUT2D eigenvalue weighted by atomic mass is 35.5. The van der Waals surface area contributed by atoms with Gasteiger partial charge >= 0.3 is 0 Å². The van der Waals surface area contributed by atoms with Crippen LogP contribution in [-0.4, -0.2) is 73.5 Å². The third-order valence-electron chi connectivity index (χ3n) is 5.44. The summed E-state index contributed by atoms with van der Waals surface area (Å²) in [4.78, 5) is 18.9. The number of halogens is 1. The van der Waals surface area contributed by atoms with Crippen LogP contribution < -0.4 is 9.80 Å². The molecular weight excluding hydrogens is 390 g/mol. The van der Waals surface area contributed by atoms with Crippen molar-refractivity contribution in [2.24, 2.45) is 0 Å². The zero-order valence-corrected chi connectivity index (χ0v) is 17.2. The molecule has 0 radical (unpaired) electrons. The van der Waals surface area contributed by atoms with E-state index in [-0.39, 0.29) is 5.91 Å². The second kappa shape index (κ2) is 9.41. The third kappa shape index (κ3) is 5.16. The predicted octanol–water partition coefficient (Wildman–Crippen LogP) is 2.25. The Morgan fingerprint density at radius 1 is 0.931 bits per heavy atom. The Morgan fingerprint density at radius 2 is 1.59 bits per heavy atom. The van der Waals surface area contributed by atoms with E-state index in [1.54, 1.807) is 0 Å². The fourth-order valence-electron chi connectivity index (χ4n) is 3.73. The van der Waals surface area contributed by atoms with Crippen molar-refractivity contribution in [2.45, 2.75) is 12.8 Å². The highest BCUT2D eigenvalue weighted by Crippen LogP contribution is 2.18.